The van der Waals surface area contributed by atoms with E-state index in [1.807, 2.05) is 12.1 Å². The molecule has 0 unspecified atom stereocenters. The molecule has 3 rings (SSSR count). The van der Waals surface area contributed by atoms with E-state index in [2.05, 4.69) is 16.6 Å². The SMILES string of the molecule is CCCCn1nc(-c2ccncc2)nc1C[C@H]1CCOC1. The van der Waals surface area contributed by atoms with Crippen molar-refractivity contribution in [3.63, 3.8) is 0 Å². The van der Waals surface area contributed by atoms with Gasteiger partial charge in [0.2, 0.25) is 0 Å². The summed E-state index contributed by atoms with van der Waals surface area (Å²) in [6.45, 7) is 4.87. The van der Waals surface area contributed by atoms with Gasteiger partial charge in [0.05, 0.1) is 0 Å². The van der Waals surface area contributed by atoms with Gasteiger partial charge >= 0.3 is 0 Å². The van der Waals surface area contributed by atoms with Gasteiger partial charge in [0, 0.05) is 44.1 Å². The van der Waals surface area contributed by atoms with E-state index in [1.165, 1.54) is 0 Å². The maximum atomic E-state index is 5.48. The van der Waals surface area contributed by atoms with Crippen molar-refractivity contribution in [1.29, 1.82) is 0 Å². The molecule has 2 aromatic rings. The molecular weight excluding hydrogens is 264 g/mol. The zero-order valence-corrected chi connectivity index (χ0v) is 12.5. The van der Waals surface area contributed by atoms with Gasteiger partial charge in [0.15, 0.2) is 5.82 Å². The van der Waals surface area contributed by atoms with Crippen LogP contribution >= 0.6 is 0 Å². The first kappa shape index (κ1) is 14.2. The van der Waals surface area contributed by atoms with Crippen molar-refractivity contribution in [3.8, 4) is 11.4 Å². The third-order valence-electron chi connectivity index (χ3n) is 3.91. The van der Waals surface area contributed by atoms with Crippen molar-refractivity contribution in [2.24, 2.45) is 5.92 Å². The summed E-state index contributed by atoms with van der Waals surface area (Å²) in [7, 11) is 0. The van der Waals surface area contributed by atoms with Crippen LogP contribution in [0.25, 0.3) is 11.4 Å². The first-order chi connectivity index (χ1) is 10.4. The van der Waals surface area contributed by atoms with Gasteiger partial charge in [-0.3, -0.25) is 4.98 Å². The number of nitrogens with zero attached hydrogens (tertiary/aromatic N) is 4. The van der Waals surface area contributed by atoms with Crippen LogP contribution in [-0.4, -0.2) is 33.0 Å². The standard InChI is InChI=1S/C16H22N4O/c1-2-3-9-20-15(11-13-6-10-21-12-13)18-16(19-20)14-4-7-17-8-5-14/h4-5,7-8,13H,2-3,6,9-12H2,1H3/t13-/m1/s1. The molecule has 5 heteroatoms. The number of hydrogen-bond acceptors (Lipinski definition) is 4. The van der Waals surface area contributed by atoms with Gasteiger partial charge in [-0.15, -0.1) is 0 Å². The second kappa shape index (κ2) is 6.80. The van der Waals surface area contributed by atoms with E-state index < -0.39 is 0 Å². The Bertz CT molecular complexity index is 561. The van der Waals surface area contributed by atoms with E-state index in [1.54, 1.807) is 12.4 Å². The number of hydrogen-bond donors (Lipinski definition) is 0. The molecular formula is C16H22N4O. The highest BCUT2D eigenvalue weighted by Crippen LogP contribution is 2.20. The molecule has 5 nitrogen and oxygen atoms in total. The zero-order valence-electron chi connectivity index (χ0n) is 12.5. The quantitative estimate of drug-likeness (QED) is 0.819. The summed E-state index contributed by atoms with van der Waals surface area (Å²) >= 11 is 0. The van der Waals surface area contributed by atoms with Crippen LogP contribution in [0.1, 0.15) is 32.0 Å². The molecule has 0 aliphatic carbocycles. The molecule has 0 saturated carbocycles. The smallest absolute Gasteiger partial charge is 0.181 e. The molecule has 21 heavy (non-hydrogen) atoms. The lowest BCUT2D eigenvalue weighted by atomic mass is 10.0. The molecule has 1 aliphatic rings. The number of unbranched alkanes of at least 4 members (excludes halogenated alkanes) is 1. The van der Waals surface area contributed by atoms with Crippen LogP contribution < -0.4 is 0 Å². The summed E-state index contributed by atoms with van der Waals surface area (Å²) in [6, 6.07) is 3.92. The van der Waals surface area contributed by atoms with E-state index in [9.17, 15) is 0 Å². The monoisotopic (exact) mass is 286 g/mol. The van der Waals surface area contributed by atoms with E-state index in [0.29, 0.717) is 5.92 Å². The number of rotatable bonds is 6. The second-order valence-electron chi connectivity index (χ2n) is 5.60. The van der Waals surface area contributed by atoms with Gasteiger partial charge in [-0.1, -0.05) is 13.3 Å². The van der Waals surface area contributed by atoms with Crippen LogP contribution in [0.15, 0.2) is 24.5 Å². The highest BCUT2D eigenvalue weighted by molar-refractivity contribution is 5.53. The molecule has 1 atom stereocenters. The molecule has 0 spiro atoms. The lowest BCUT2D eigenvalue weighted by molar-refractivity contribution is 0.185. The van der Waals surface area contributed by atoms with Gasteiger partial charge in [-0.2, -0.15) is 5.10 Å². The van der Waals surface area contributed by atoms with Crippen molar-refractivity contribution in [2.45, 2.75) is 39.2 Å². The lowest BCUT2D eigenvalue weighted by Gasteiger charge is -2.08. The molecule has 112 valence electrons. The Balaban J connectivity index is 1.83. The highest BCUT2D eigenvalue weighted by Gasteiger charge is 2.20. The maximum Gasteiger partial charge on any atom is 0.181 e. The fraction of sp³-hybridized carbons (Fsp3) is 0.562. The molecule has 0 bridgehead atoms. The molecule has 3 heterocycles. The van der Waals surface area contributed by atoms with Crippen molar-refractivity contribution in [1.82, 2.24) is 19.7 Å². The Kier molecular flexibility index (Phi) is 4.60. The minimum atomic E-state index is 0.583. The van der Waals surface area contributed by atoms with Crippen molar-refractivity contribution in [2.75, 3.05) is 13.2 Å². The fourth-order valence-electron chi connectivity index (χ4n) is 2.64. The Morgan fingerprint density at radius 2 is 2.19 bits per heavy atom. The summed E-state index contributed by atoms with van der Waals surface area (Å²) < 4.78 is 7.56. The van der Waals surface area contributed by atoms with Crippen molar-refractivity contribution < 1.29 is 4.74 Å². The third kappa shape index (κ3) is 3.47. The van der Waals surface area contributed by atoms with Gasteiger partial charge in [0.25, 0.3) is 0 Å². The van der Waals surface area contributed by atoms with Crippen molar-refractivity contribution in [3.05, 3.63) is 30.4 Å². The summed E-state index contributed by atoms with van der Waals surface area (Å²) in [5, 5.41) is 4.70. The lowest BCUT2D eigenvalue weighted by Crippen LogP contribution is -2.11. The molecule has 1 aliphatic heterocycles. The number of aryl methyl sites for hydroxylation is 1. The van der Waals surface area contributed by atoms with Crippen LogP contribution in [0.4, 0.5) is 0 Å². The normalized spacial score (nSPS) is 18.2. The number of ether oxygens (including phenoxy) is 1. The van der Waals surface area contributed by atoms with Gasteiger partial charge in [-0.05, 0) is 30.9 Å². The van der Waals surface area contributed by atoms with Crippen LogP contribution in [0.5, 0.6) is 0 Å². The Hall–Kier alpha value is -1.75. The van der Waals surface area contributed by atoms with Crippen molar-refractivity contribution >= 4 is 0 Å². The predicted molar refractivity (Wildman–Crippen MR) is 80.8 cm³/mol. The predicted octanol–water partition coefficient (Wildman–Crippen LogP) is 2.72. The average molecular weight is 286 g/mol. The average Bonchev–Trinajstić information content (AvgIpc) is 3.17. The van der Waals surface area contributed by atoms with Gasteiger partial charge in [0.1, 0.15) is 5.82 Å². The largest absolute Gasteiger partial charge is 0.381 e. The van der Waals surface area contributed by atoms with E-state index in [-0.39, 0.29) is 0 Å². The Morgan fingerprint density at radius 3 is 2.90 bits per heavy atom. The molecule has 0 aromatic carbocycles. The van der Waals surface area contributed by atoms with Crippen LogP contribution in [0, 0.1) is 5.92 Å². The maximum absolute atomic E-state index is 5.48. The Labute approximate surface area is 125 Å². The first-order valence-electron chi connectivity index (χ1n) is 7.78. The number of aromatic nitrogens is 4. The minimum Gasteiger partial charge on any atom is -0.381 e. The summed E-state index contributed by atoms with van der Waals surface area (Å²) in [5.41, 5.74) is 1.03. The highest BCUT2D eigenvalue weighted by atomic mass is 16.5. The minimum absolute atomic E-state index is 0.583. The summed E-state index contributed by atoms with van der Waals surface area (Å²) in [5.74, 6) is 2.48. The molecule has 2 aromatic heterocycles. The van der Waals surface area contributed by atoms with Crippen LogP contribution in [-0.2, 0) is 17.7 Å². The van der Waals surface area contributed by atoms with Gasteiger partial charge < -0.3 is 4.74 Å². The molecule has 1 fully saturated rings. The fourth-order valence-corrected chi connectivity index (χ4v) is 2.64. The first-order valence-corrected chi connectivity index (χ1v) is 7.78. The third-order valence-corrected chi connectivity index (χ3v) is 3.91. The molecule has 0 radical (unpaired) electrons. The second-order valence-corrected chi connectivity index (χ2v) is 5.60. The van der Waals surface area contributed by atoms with E-state index in [4.69, 9.17) is 14.8 Å². The molecule has 0 amide bonds. The number of pyridine rings is 1. The summed E-state index contributed by atoms with van der Waals surface area (Å²) in [4.78, 5) is 8.82. The molecule has 1 saturated heterocycles. The zero-order chi connectivity index (χ0) is 14.5. The van der Waals surface area contributed by atoms with E-state index >= 15 is 0 Å². The van der Waals surface area contributed by atoms with Gasteiger partial charge in [-0.25, -0.2) is 9.67 Å². The van der Waals surface area contributed by atoms with Crippen LogP contribution in [0.3, 0.4) is 0 Å². The summed E-state index contributed by atoms with van der Waals surface area (Å²) in [6.07, 6.45) is 7.95. The topological polar surface area (TPSA) is 52.8 Å². The van der Waals surface area contributed by atoms with Crippen LogP contribution in [0.2, 0.25) is 0 Å². The molecule has 0 N–H and O–H groups in total. The Morgan fingerprint density at radius 1 is 1.33 bits per heavy atom. The van der Waals surface area contributed by atoms with E-state index in [0.717, 1.165) is 62.7 Å².